The third kappa shape index (κ3) is 5.62. The van der Waals surface area contributed by atoms with Gasteiger partial charge in [-0.2, -0.15) is 0 Å². The van der Waals surface area contributed by atoms with E-state index in [-0.39, 0.29) is 29.1 Å². The maximum Gasteiger partial charge on any atom is 0.261 e. The first-order chi connectivity index (χ1) is 16.1. The molecule has 3 atom stereocenters. The first-order valence-corrected chi connectivity index (χ1v) is 13.5. The van der Waals surface area contributed by atoms with Crippen molar-refractivity contribution in [3.8, 4) is 0 Å². The molecule has 0 saturated carbocycles. The standard InChI is InChI=1S/C26H35N3O4S/c1-18-7-5-8-22(13-18)27-34(31,32)24-11-10-19(2)25(14-24)26(30)29-12-6-9-23(29)17-28-15-20(3)33-21(4)16-28/h5,7-8,10-11,13-14,20-21,23,27H,6,9,12,15-17H2,1-4H3. The molecule has 1 amide bonds. The van der Waals surface area contributed by atoms with E-state index in [0.29, 0.717) is 17.8 Å². The minimum Gasteiger partial charge on any atom is -0.373 e. The predicted molar refractivity (Wildman–Crippen MR) is 134 cm³/mol. The van der Waals surface area contributed by atoms with Crippen LogP contribution in [0.1, 0.15) is 48.2 Å². The van der Waals surface area contributed by atoms with Gasteiger partial charge < -0.3 is 9.64 Å². The van der Waals surface area contributed by atoms with Gasteiger partial charge in [0.1, 0.15) is 0 Å². The van der Waals surface area contributed by atoms with Crippen LogP contribution >= 0.6 is 0 Å². The molecule has 2 heterocycles. The molecule has 2 fully saturated rings. The first-order valence-electron chi connectivity index (χ1n) is 12.0. The summed E-state index contributed by atoms with van der Waals surface area (Å²) in [7, 11) is -3.82. The number of carbonyl (C=O) groups excluding carboxylic acids is 1. The van der Waals surface area contributed by atoms with Crippen LogP contribution < -0.4 is 4.72 Å². The van der Waals surface area contributed by atoms with Crippen LogP contribution in [-0.2, 0) is 14.8 Å². The van der Waals surface area contributed by atoms with Crippen molar-refractivity contribution < 1.29 is 17.9 Å². The van der Waals surface area contributed by atoms with Crippen molar-refractivity contribution in [3.05, 3.63) is 59.2 Å². The summed E-state index contributed by atoms with van der Waals surface area (Å²) >= 11 is 0. The minimum atomic E-state index is -3.82. The number of aryl methyl sites for hydroxylation is 2. The second-order valence-electron chi connectivity index (χ2n) is 9.72. The van der Waals surface area contributed by atoms with E-state index in [4.69, 9.17) is 4.74 Å². The molecular weight excluding hydrogens is 450 g/mol. The molecule has 2 aliphatic rings. The van der Waals surface area contributed by atoms with Gasteiger partial charge in [0, 0.05) is 43.5 Å². The molecule has 2 aromatic carbocycles. The largest absolute Gasteiger partial charge is 0.373 e. The molecule has 2 aromatic rings. The zero-order chi connectivity index (χ0) is 24.5. The number of ether oxygens (including phenoxy) is 1. The maximum absolute atomic E-state index is 13.6. The SMILES string of the molecule is Cc1cccc(NS(=O)(=O)c2ccc(C)c(C(=O)N3CCCC3CN3CC(C)OC(C)C3)c2)c1. The molecule has 3 unspecified atom stereocenters. The Labute approximate surface area is 203 Å². The monoisotopic (exact) mass is 485 g/mol. The van der Waals surface area contributed by atoms with Gasteiger partial charge in [-0.15, -0.1) is 0 Å². The van der Waals surface area contributed by atoms with Crippen molar-refractivity contribution in [2.75, 3.05) is 30.9 Å². The number of sulfonamides is 1. The smallest absolute Gasteiger partial charge is 0.261 e. The van der Waals surface area contributed by atoms with Crippen molar-refractivity contribution in [1.82, 2.24) is 9.80 Å². The predicted octanol–water partition coefficient (Wildman–Crippen LogP) is 3.82. The van der Waals surface area contributed by atoms with Gasteiger partial charge in [-0.3, -0.25) is 14.4 Å². The van der Waals surface area contributed by atoms with Crippen LogP contribution in [0.2, 0.25) is 0 Å². The number of rotatable bonds is 6. The Hall–Kier alpha value is -2.42. The number of hydrogen-bond donors (Lipinski definition) is 1. The Bertz CT molecular complexity index is 1140. The number of morpholine rings is 1. The minimum absolute atomic E-state index is 0.0922. The Morgan fingerprint density at radius 3 is 2.53 bits per heavy atom. The summed E-state index contributed by atoms with van der Waals surface area (Å²) in [6.07, 6.45) is 2.27. The van der Waals surface area contributed by atoms with Crippen LogP contribution in [0.15, 0.2) is 47.4 Å². The molecule has 2 saturated heterocycles. The van der Waals surface area contributed by atoms with Crippen molar-refractivity contribution >= 4 is 21.6 Å². The lowest BCUT2D eigenvalue weighted by Crippen LogP contribution is -2.51. The van der Waals surface area contributed by atoms with Gasteiger partial charge in [-0.05, 0) is 75.9 Å². The summed E-state index contributed by atoms with van der Waals surface area (Å²) in [4.78, 5) is 18.0. The van der Waals surface area contributed by atoms with E-state index in [1.165, 1.54) is 6.07 Å². The van der Waals surface area contributed by atoms with E-state index in [0.717, 1.165) is 43.6 Å². The van der Waals surface area contributed by atoms with Crippen LogP contribution in [0.25, 0.3) is 0 Å². The molecular formula is C26H35N3O4S. The second-order valence-corrected chi connectivity index (χ2v) is 11.4. The van der Waals surface area contributed by atoms with Gasteiger partial charge in [-0.25, -0.2) is 8.42 Å². The van der Waals surface area contributed by atoms with E-state index in [9.17, 15) is 13.2 Å². The zero-order valence-electron chi connectivity index (χ0n) is 20.5. The number of likely N-dealkylation sites (tertiary alicyclic amines) is 1. The summed E-state index contributed by atoms with van der Waals surface area (Å²) in [6, 6.07) is 12.1. The summed E-state index contributed by atoms with van der Waals surface area (Å²) in [5, 5.41) is 0. The zero-order valence-corrected chi connectivity index (χ0v) is 21.3. The topological polar surface area (TPSA) is 79.0 Å². The molecule has 34 heavy (non-hydrogen) atoms. The normalized spacial score (nSPS) is 23.8. The fraction of sp³-hybridized carbons (Fsp3) is 0.500. The highest BCUT2D eigenvalue weighted by Gasteiger charge is 2.33. The van der Waals surface area contributed by atoms with E-state index in [1.807, 2.05) is 24.8 Å². The Balaban J connectivity index is 1.53. The maximum atomic E-state index is 13.6. The number of anilines is 1. The highest BCUT2D eigenvalue weighted by molar-refractivity contribution is 7.92. The lowest BCUT2D eigenvalue weighted by molar-refractivity contribution is -0.0715. The van der Waals surface area contributed by atoms with Gasteiger partial charge in [0.25, 0.3) is 15.9 Å². The average Bonchev–Trinajstić information content (AvgIpc) is 3.20. The second kappa shape index (κ2) is 10.1. The van der Waals surface area contributed by atoms with Crippen molar-refractivity contribution in [2.45, 2.75) is 63.7 Å². The number of nitrogens with one attached hydrogen (secondary N) is 1. The molecule has 7 nitrogen and oxygen atoms in total. The highest BCUT2D eigenvalue weighted by Crippen LogP contribution is 2.26. The van der Waals surface area contributed by atoms with Gasteiger partial charge in [0.2, 0.25) is 0 Å². The Kier molecular flexibility index (Phi) is 7.31. The summed E-state index contributed by atoms with van der Waals surface area (Å²) < 4.78 is 34.6. The van der Waals surface area contributed by atoms with Crippen molar-refractivity contribution in [3.63, 3.8) is 0 Å². The Morgan fingerprint density at radius 2 is 1.82 bits per heavy atom. The summed E-state index contributed by atoms with van der Waals surface area (Å²) in [5.74, 6) is -0.0954. The third-order valence-electron chi connectivity index (χ3n) is 6.62. The van der Waals surface area contributed by atoms with E-state index in [2.05, 4.69) is 23.5 Å². The highest BCUT2D eigenvalue weighted by atomic mass is 32.2. The molecule has 0 aliphatic carbocycles. The molecule has 8 heteroatoms. The van der Waals surface area contributed by atoms with Gasteiger partial charge in [-0.1, -0.05) is 18.2 Å². The lowest BCUT2D eigenvalue weighted by Gasteiger charge is -2.38. The van der Waals surface area contributed by atoms with Gasteiger partial charge in [0.05, 0.1) is 17.1 Å². The van der Waals surface area contributed by atoms with Crippen LogP contribution in [-0.4, -0.2) is 68.6 Å². The number of benzene rings is 2. The third-order valence-corrected chi connectivity index (χ3v) is 8.00. The van der Waals surface area contributed by atoms with Crippen molar-refractivity contribution in [2.24, 2.45) is 0 Å². The van der Waals surface area contributed by atoms with E-state index in [1.54, 1.807) is 30.3 Å². The first kappa shape index (κ1) is 24.7. The number of nitrogens with zero attached hydrogens (tertiary/aromatic N) is 2. The van der Waals surface area contributed by atoms with E-state index >= 15 is 0 Å². The fourth-order valence-electron chi connectivity index (χ4n) is 5.10. The molecule has 2 aliphatic heterocycles. The number of carbonyl (C=O) groups is 1. The fourth-order valence-corrected chi connectivity index (χ4v) is 6.18. The quantitative estimate of drug-likeness (QED) is 0.673. The number of hydrogen-bond acceptors (Lipinski definition) is 5. The molecule has 0 radical (unpaired) electrons. The molecule has 184 valence electrons. The van der Waals surface area contributed by atoms with Crippen LogP contribution in [0.5, 0.6) is 0 Å². The molecule has 0 spiro atoms. The summed E-state index contributed by atoms with van der Waals surface area (Å²) in [5.41, 5.74) is 2.69. The molecule has 0 aromatic heterocycles. The summed E-state index contributed by atoms with van der Waals surface area (Å²) in [6.45, 7) is 11.2. The van der Waals surface area contributed by atoms with Crippen LogP contribution in [0, 0.1) is 13.8 Å². The van der Waals surface area contributed by atoms with E-state index < -0.39 is 10.0 Å². The van der Waals surface area contributed by atoms with Crippen LogP contribution in [0.4, 0.5) is 5.69 Å². The Morgan fingerprint density at radius 1 is 1.09 bits per heavy atom. The lowest BCUT2D eigenvalue weighted by atomic mass is 10.1. The molecule has 0 bridgehead atoms. The average molecular weight is 486 g/mol. The van der Waals surface area contributed by atoms with Gasteiger partial charge >= 0.3 is 0 Å². The van der Waals surface area contributed by atoms with Crippen LogP contribution in [0.3, 0.4) is 0 Å². The number of amides is 1. The van der Waals surface area contributed by atoms with Crippen molar-refractivity contribution in [1.29, 1.82) is 0 Å². The van der Waals surface area contributed by atoms with Gasteiger partial charge in [0.15, 0.2) is 0 Å². The molecule has 4 rings (SSSR count). The molecule has 1 N–H and O–H groups in total.